The van der Waals surface area contributed by atoms with Crippen molar-refractivity contribution in [1.82, 2.24) is 0 Å². The third-order valence-electron chi connectivity index (χ3n) is 1.52. The van der Waals surface area contributed by atoms with E-state index in [4.69, 9.17) is 4.43 Å². The van der Waals surface area contributed by atoms with Gasteiger partial charge in [0.05, 0.1) is 0 Å². The Kier molecular flexibility index (Phi) is 5.60. The Bertz CT molecular complexity index is 85.7. The van der Waals surface area contributed by atoms with Crippen LogP contribution in [0.1, 0.15) is 13.3 Å². The second-order valence-corrected chi connectivity index (χ2v) is 7.97. The van der Waals surface area contributed by atoms with Gasteiger partial charge in [-0.2, -0.15) is 0 Å². The Labute approximate surface area is 67.9 Å². The van der Waals surface area contributed by atoms with Crippen molar-refractivity contribution < 1.29 is 4.43 Å². The predicted molar refractivity (Wildman–Crippen MR) is 53.1 cm³/mol. The van der Waals surface area contributed by atoms with Gasteiger partial charge >= 0.3 is 0 Å². The molecular weight excluding hydrogens is 159 g/mol. The maximum absolute atomic E-state index is 5.66. The zero-order chi connectivity index (χ0) is 8.04. The fraction of sp³-hybridized carbons (Fsp3) is 1.00. The lowest BCUT2D eigenvalue weighted by atomic mass is 10.6. The summed E-state index contributed by atoms with van der Waals surface area (Å²) >= 11 is 0. The number of hydrogen-bond donors (Lipinski definition) is 0. The summed E-state index contributed by atoms with van der Waals surface area (Å²) in [5.41, 5.74) is 0. The van der Waals surface area contributed by atoms with Crippen molar-refractivity contribution in [3.8, 4) is 0 Å². The Morgan fingerprint density at radius 2 is 2.00 bits per heavy atom. The summed E-state index contributed by atoms with van der Waals surface area (Å²) in [6, 6.07) is 1.30. The SMILES string of the molecule is CCO[Si](C)(C)CCCP. The normalized spacial score (nSPS) is 12.0. The van der Waals surface area contributed by atoms with Crippen molar-refractivity contribution in [3.05, 3.63) is 0 Å². The van der Waals surface area contributed by atoms with E-state index in [1.807, 2.05) is 0 Å². The van der Waals surface area contributed by atoms with Gasteiger partial charge in [-0.05, 0) is 32.2 Å². The quantitative estimate of drug-likeness (QED) is 0.464. The molecule has 0 bridgehead atoms. The van der Waals surface area contributed by atoms with Gasteiger partial charge in [-0.3, -0.25) is 0 Å². The molecule has 0 aromatic heterocycles. The van der Waals surface area contributed by atoms with Gasteiger partial charge in [0, 0.05) is 6.61 Å². The Morgan fingerprint density at radius 1 is 1.40 bits per heavy atom. The first-order valence-electron chi connectivity index (χ1n) is 3.96. The van der Waals surface area contributed by atoms with E-state index in [-0.39, 0.29) is 0 Å². The molecule has 62 valence electrons. The lowest BCUT2D eigenvalue weighted by Crippen LogP contribution is -2.29. The highest BCUT2D eigenvalue weighted by Gasteiger charge is 2.19. The fourth-order valence-corrected chi connectivity index (χ4v) is 3.58. The molecule has 0 heterocycles. The first-order chi connectivity index (χ1) is 4.62. The highest BCUT2D eigenvalue weighted by atomic mass is 31.0. The monoisotopic (exact) mass is 178 g/mol. The second-order valence-electron chi connectivity index (χ2n) is 3.08. The van der Waals surface area contributed by atoms with Crippen LogP contribution in [-0.4, -0.2) is 21.1 Å². The average Bonchev–Trinajstić information content (AvgIpc) is 1.84. The van der Waals surface area contributed by atoms with E-state index in [9.17, 15) is 0 Å². The minimum atomic E-state index is -1.24. The first-order valence-corrected chi connectivity index (χ1v) is 7.89. The predicted octanol–water partition coefficient (Wildman–Crippen LogP) is 2.49. The van der Waals surface area contributed by atoms with Crippen molar-refractivity contribution in [1.29, 1.82) is 0 Å². The third kappa shape index (κ3) is 5.40. The zero-order valence-corrected chi connectivity index (χ0v) is 9.47. The van der Waals surface area contributed by atoms with Gasteiger partial charge in [-0.25, -0.2) is 0 Å². The van der Waals surface area contributed by atoms with Crippen LogP contribution in [-0.2, 0) is 4.43 Å². The van der Waals surface area contributed by atoms with E-state index in [2.05, 4.69) is 29.3 Å². The van der Waals surface area contributed by atoms with E-state index in [0.29, 0.717) is 0 Å². The summed E-state index contributed by atoms with van der Waals surface area (Å²) < 4.78 is 5.66. The summed E-state index contributed by atoms with van der Waals surface area (Å²) in [5.74, 6) is 0. The molecule has 1 atom stereocenters. The minimum Gasteiger partial charge on any atom is -0.418 e. The summed E-state index contributed by atoms with van der Waals surface area (Å²) in [5, 5.41) is 0. The summed E-state index contributed by atoms with van der Waals surface area (Å²) in [6.07, 6.45) is 2.51. The lowest BCUT2D eigenvalue weighted by molar-refractivity contribution is 0.328. The highest BCUT2D eigenvalue weighted by Crippen LogP contribution is 2.13. The van der Waals surface area contributed by atoms with Gasteiger partial charge in [0.25, 0.3) is 0 Å². The molecule has 0 saturated heterocycles. The molecule has 0 aromatic rings. The Morgan fingerprint density at radius 3 is 2.40 bits per heavy atom. The highest BCUT2D eigenvalue weighted by molar-refractivity contribution is 7.16. The molecule has 0 rings (SSSR count). The van der Waals surface area contributed by atoms with Crippen LogP contribution in [0.3, 0.4) is 0 Å². The van der Waals surface area contributed by atoms with Crippen LogP contribution in [0.5, 0.6) is 0 Å². The molecule has 1 nitrogen and oxygen atoms in total. The van der Waals surface area contributed by atoms with Gasteiger partial charge in [0.1, 0.15) is 0 Å². The van der Waals surface area contributed by atoms with E-state index in [1.54, 1.807) is 0 Å². The van der Waals surface area contributed by atoms with Crippen LogP contribution in [0, 0.1) is 0 Å². The van der Waals surface area contributed by atoms with E-state index in [0.717, 1.165) is 6.61 Å². The second kappa shape index (κ2) is 5.28. The molecule has 0 aromatic carbocycles. The average molecular weight is 178 g/mol. The molecule has 0 radical (unpaired) electrons. The fourth-order valence-electron chi connectivity index (χ4n) is 0.991. The largest absolute Gasteiger partial charge is 0.418 e. The lowest BCUT2D eigenvalue weighted by Gasteiger charge is -2.21. The zero-order valence-electron chi connectivity index (χ0n) is 7.31. The standard InChI is InChI=1S/C7H19OPSi/c1-4-8-10(2,3)7-5-6-9/h4-7,9H2,1-3H3. The van der Waals surface area contributed by atoms with Crippen molar-refractivity contribution in [2.45, 2.75) is 32.5 Å². The molecule has 0 saturated carbocycles. The van der Waals surface area contributed by atoms with Crippen molar-refractivity contribution in [3.63, 3.8) is 0 Å². The smallest absolute Gasteiger partial charge is 0.186 e. The maximum Gasteiger partial charge on any atom is 0.186 e. The molecule has 0 aliphatic carbocycles. The minimum absolute atomic E-state index is 0.885. The molecule has 0 N–H and O–H groups in total. The topological polar surface area (TPSA) is 9.23 Å². The van der Waals surface area contributed by atoms with Gasteiger partial charge in [0.2, 0.25) is 0 Å². The number of rotatable bonds is 5. The van der Waals surface area contributed by atoms with Crippen LogP contribution in [0.25, 0.3) is 0 Å². The molecular formula is C7H19OPSi. The van der Waals surface area contributed by atoms with Crippen LogP contribution in [0.2, 0.25) is 19.1 Å². The van der Waals surface area contributed by atoms with E-state index < -0.39 is 8.32 Å². The molecule has 0 amide bonds. The summed E-state index contributed by atoms with van der Waals surface area (Å²) in [7, 11) is 1.52. The van der Waals surface area contributed by atoms with E-state index in [1.165, 1.54) is 18.6 Å². The van der Waals surface area contributed by atoms with Crippen molar-refractivity contribution in [2.75, 3.05) is 12.8 Å². The maximum atomic E-state index is 5.66. The van der Waals surface area contributed by atoms with Gasteiger partial charge < -0.3 is 4.43 Å². The van der Waals surface area contributed by atoms with Crippen LogP contribution < -0.4 is 0 Å². The van der Waals surface area contributed by atoms with Gasteiger partial charge in [-0.15, -0.1) is 9.24 Å². The van der Waals surface area contributed by atoms with Crippen LogP contribution in [0.4, 0.5) is 0 Å². The molecule has 0 aliphatic rings. The molecule has 0 spiro atoms. The molecule has 10 heavy (non-hydrogen) atoms. The molecule has 0 fully saturated rings. The van der Waals surface area contributed by atoms with Crippen LogP contribution in [0.15, 0.2) is 0 Å². The molecule has 1 unspecified atom stereocenters. The van der Waals surface area contributed by atoms with Gasteiger partial charge in [0.15, 0.2) is 8.32 Å². The molecule has 0 aliphatic heterocycles. The van der Waals surface area contributed by atoms with Crippen molar-refractivity contribution in [2.24, 2.45) is 0 Å². The van der Waals surface area contributed by atoms with Gasteiger partial charge in [-0.1, -0.05) is 6.42 Å². The summed E-state index contributed by atoms with van der Waals surface area (Å²) in [6.45, 7) is 7.54. The van der Waals surface area contributed by atoms with E-state index >= 15 is 0 Å². The molecule has 3 heteroatoms. The van der Waals surface area contributed by atoms with Crippen molar-refractivity contribution >= 4 is 17.6 Å². The number of hydrogen-bond acceptors (Lipinski definition) is 1. The summed E-state index contributed by atoms with van der Waals surface area (Å²) in [4.78, 5) is 0. The first kappa shape index (κ1) is 10.6. The Hall–Kier alpha value is 0.607. The third-order valence-corrected chi connectivity index (χ3v) is 4.55. The van der Waals surface area contributed by atoms with Crippen LogP contribution >= 0.6 is 9.24 Å². The Balaban J connectivity index is 3.42.